The van der Waals surface area contributed by atoms with Crippen LogP contribution in [0.1, 0.15) is 18.1 Å². The summed E-state index contributed by atoms with van der Waals surface area (Å²) >= 11 is 0. The molecule has 0 unspecified atom stereocenters. The number of benzene rings is 1. The summed E-state index contributed by atoms with van der Waals surface area (Å²) in [5.41, 5.74) is 2.46. The van der Waals surface area contributed by atoms with Crippen molar-refractivity contribution in [2.45, 2.75) is 26.6 Å². The lowest BCUT2D eigenvalue weighted by molar-refractivity contribution is 0.414. The van der Waals surface area contributed by atoms with Crippen molar-refractivity contribution in [3.63, 3.8) is 0 Å². The molecule has 1 N–H and O–H groups in total. The van der Waals surface area contributed by atoms with Crippen molar-refractivity contribution < 1.29 is 4.74 Å². The molecule has 0 aliphatic heterocycles. The highest BCUT2D eigenvalue weighted by atomic mass is 16.5. The van der Waals surface area contributed by atoms with Gasteiger partial charge >= 0.3 is 0 Å². The molecule has 0 radical (unpaired) electrons. The van der Waals surface area contributed by atoms with Crippen molar-refractivity contribution in [3.8, 4) is 5.75 Å². The van der Waals surface area contributed by atoms with Gasteiger partial charge in [0.25, 0.3) is 0 Å². The Morgan fingerprint density at radius 2 is 1.89 bits per heavy atom. The molecule has 1 aromatic carbocycles. The van der Waals surface area contributed by atoms with Gasteiger partial charge in [0.1, 0.15) is 5.75 Å². The lowest BCUT2D eigenvalue weighted by Crippen LogP contribution is -2.12. The number of hydrogen-bond donors (Lipinski definition) is 1. The molecule has 0 amide bonds. The fraction of sp³-hybridized carbons (Fsp3) is 0.357. The lowest BCUT2D eigenvalue weighted by Gasteiger charge is -2.04. The Balaban J connectivity index is 1.80. The van der Waals surface area contributed by atoms with Gasteiger partial charge < -0.3 is 10.1 Å². The number of methoxy groups -OCH3 is 1. The second-order valence-electron chi connectivity index (χ2n) is 4.16. The van der Waals surface area contributed by atoms with E-state index in [4.69, 9.17) is 4.74 Å². The zero-order valence-corrected chi connectivity index (χ0v) is 10.9. The molecule has 18 heavy (non-hydrogen) atoms. The SMILES string of the molecule is CCn1cc(CNCc2ccc(OC)cc2)cn1. The second-order valence-corrected chi connectivity index (χ2v) is 4.16. The van der Waals surface area contributed by atoms with Crippen LogP contribution in [-0.2, 0) is 19.6 Å². The number of aryl methyl sites for hydroxylation is 1. The average molecular weight is 245 g/mol. The molecule has 0 atom stereocenters. The van der Waals surface area contributed by atoms with Gasteiger partial charge in [-0.1, -0.05) is 12.1 Å². The summed E-state index contributed by atoms with van der Waals surface area (Å²) in [6, 6.07) is 8.10. The largest absolute Gasteiger partial charge is 0.497 e. The van der Waals surface area contributed by atoms with Crippen molar-refractivity contribution in [2.24, 2.45) is 0 Å². The van der Waals surface area contributed by atoms with Gasteiger partial charge in [-0.3, -0.25) is 4.68 Å². The van der Waals surface area contributed by atoms with Gasteiger partial charge in [-0.15, -0.1) is 0 Å². The van der Waals surface area contributed by atoms with Crippen LogP contribution in [-0.4, -0.2) is 16.9 Å². The summed E-state index contributed by atoms with van der Waals surface area (Å²) in [6.07, 6.45) is 3.98. The molecular weight excluding hydrogens is 226 g/mol. The predicted octanol–water partition coefficient (Wildman–Crippen LogP) is 2.20. The number of rotatable bonds is 6. The zero-order valence-electron chi connectivity index (χ0n) is 10.9. The van der Waals surface area contributed by atoms with Gasteiger partial charge in [0, 0.05) is 31.4 Å². The van der Waals surface area contributed by atoms with Crippen LogP contribution in [0.2, 0.25) is 0 Å². The van der Waals surface area contributed by atoms with E-state index < -0.39 is 0 Å². The molecule has 0 bridgehead atoms. The van der Waals surface area contributed by atoms with Crippen molar-refractivity contribution in [1.82, 2.24) is 15.1 Å². The topological polar surface area (TPSA) is 39.1 Å². The lowest BCUT2D eigenvalue weighted by atomic mass is 10.2. The van der Waals surface area contributed by atoms with Gasteiger partial charge in [-0.25, -0.2) is 0 Å². The molecule has 0 fully saturated rings. The van der Waals surface area contributed by atoms with Crippen LogP contribution in [0, 0.1) is 0 Å². The van der Waals surface area contributed by atoms with Crippen molar-refractivity contribution in [1.29, 1.82) is 0 Å². The van der Waals surface area contributed by atoms with E-state index in [-0.39, 0.29) is 0 Å². The Morgan fingerprint density at radius 3 is 2.50 bits per heavy atom. The van der Waals surface area contributed by atoms with Crippen LogP contribution in [0.25, 0.3) is 0 Å². The summed E-state index contributed by atoms with van der Waals surface area (Å²) in [6.45, 7) is 4.69. The third kappa shape index (κ3) is 3.34. The van der Waals surface area contributed by atoms with Crippen molar-refractivity contribution in [2.75, 3.05) is 7.11 Å². The molecule has 4 heteroatoms. The molecular formula is C14H19N3O. The quantitative estimate of drug-likeness (QED) is 0.848. The minimum absolute atomic E-state index is 0.839. The first-order valence-electron chi connectivity index (χ1n) is 6.17. The molecule has 0 saturated heterocycles. The third-order valence-corrected chi connectivity index (χ3v) is 2.83. The van der Waals surface area contributed by atoms with E-state index in [1.54, 1.807) is 7.11 Å². The Kier molecular flexibility index (Phi) is 4.36. The summed E-state index contributed by atoms with van der Waals surface area (Å²) in [5.74, 6) is 0.892. The molecule has 4 nitrogen and oxygen atoms in total. The molecule has 0 aliphatic rings. The Labute approximate surface area is 108 Å². The van der Waals surface area contributed by atoms with Crippen LogP contribution < -0.4 is 10.1 Å². The minimum Gasteiger partial charge on any atom is -0.497 e. The van der Waals surface area contributed by atoms with Crippen LogP contribution in [0.4, 0.5) is 0 Å². The molecule has 0 aliphatic carbocycles. The molecule has 0 saturated carbocycles. The van der Waals surface area contributed by atoms with Gasteiger partial charge in [-0.05, 0) is 24.6 Å². The van der Waals surface area contributed by atoms with Gasteiger partial charge in [0.05, 0.1) is 13.3 Å². The first-order chi connectivity index (χ1) is 8.81. The van der Waals surface area contributed by atoms with Gasteiger partial charge in [0.2, 0.25) is 0 Å². The fourth-order valence-electron chi connectivity index (χ4n) is 1.77. The highest BCUT2D eigenvalue weighted by molar-refractivity contribution is 5.27. The number of nitrogens with one attached hydrogen (secondary N) is 1. The fourth-order valence-corrected chi connectivity index (χ4v) is 1.77. The van der Waals surface area contributed by atoms with Gasteiger partial charge in [-0.2, -0.15) is 5.10 Å². The number of nitrogens with zero attached hydrogens (tertiary/aromatic N) is 2. The first-order valence-corrected chi connectivity index (χ1v) is 6.17. The maximum Gasteiger partial charge on any atom is 0.118 e. The molecule has 2 rings (SSSR count). The average Bonchev–Trinajstić information content (AvgIpc) is 2.87. The highest BCUT2D eigenvalue weighted by Crippen LogP contribution is 2.11. The Hall–Kier alpha value is -1.81. The van der Waals surface area contributed by atoms with E-state index in [1.165, 1.54) is 11.1 Å². The van der Waals surface area contributed by atoms with Crippen LogP contribution in [0.15, 0.2) is 36.7 Å². The third-order valence-electron chi connectivity index (χ3n) is 2.83. The molecule has 1 heterocycles. The van der Waals surface area contributed by atoms with E-state index in [9.17, 15) is 0 Å². The first kappa shape index (κ1) is 12.6. The standard InChI is InChI=1S/C14H19N3O/c1-3-17-11-13(10-16-17)9-15-8-12-4-6-14(18-2)7-5-12/h4-7,10-11,15H,3,8-9H2,1-2H3. The van der Waals surface area contributed by atoms with Crippen molar-refractivity contribution in [3.05, 3.63) is 47.8 Å². The van der Waals surface area contributed by atoms with E-state index in [2.05, 4.69) is 35.7 Å². The molecule has 2 aromatic rings. The second kappa shape index (κ2) is 6.21. The number of ether oxygens (including phenoxy) is 1. The van der Waals surface area contributed by atoms with Crippen molar-refractivity contribution >= 4 is 0 Å². The summed E-state index contributed by atoms with van der Waals surface area (Å²) in [5, 5.41) is 7.64. The maximum absolute atomic E-state index is 5.13. The maximum atomic E-state index is 5.13. The van der Waals surface area contributed by atoms with E-state index >= 15 is 0 Å². The number of aromatic nitrogens is 2. The van der Waals surface area contributed by atoms with Crippen LogP contribution in [0.3, 0.4) is 0 Å². The van der Waals surface area contributed by atoms with E-state index in [0.29, 0.717) is 0 Å². The summed E-state index contributed by atoms with van der Waals surface area (Å²) < 4.78 is 7.06. The summed E-state index contributed by atoms with van der Waals surface area (Å²) in [4.78, 5) is 0. The predicted molar refractivity (Wildman–Crippen MR) is 71.4 cm³/mol. The zero-order chi connectivity index (χ0) is 12.8. The van der Waals surface area contributed by atoms with Crippen LogP contribution >= 0.6 is 0 Å². The molecule has 0 spiro atoms. The highest BCUT2D eigenvalue weighted by Gasteiger charge is 1.98. The van der Waals surface area contributed by atoms with Gasteiger partial charge in [0.15, 0.2) is 0 Å². The van der Waals surface area contributed by atoms with Crippen LogP contribution in [0.5, 0.6) is 5.75 Å². The summed E-state index contributed by atoms with van der Waals surface area (Å²) in [7, 11) is 1.68. The normalized spacial score (nSPS) is 10.6. The smallest absolute Gasteiger partial charge is 0.118 e. The molecule has 1 aromatic heterocycles. The van der Waals surface area contributed by atoms with E-state index in [0.717, 1.165) is 25.4 Å². The Morgan fingerprint density at radius 1 is 1.17 bits per heavy atom. The minimum atomic E-state index is 0.839. The monoisotopic (exact) mass is 245 g/mol. The number of hydrogen-bond acceptors (Lipinski definition) is 3. The Bertz CT molecular complexity index is 476. The molecule has 96 valence electrons. The van der Waals surface area contributed by atoms with E-state index in [1.807, 2.05) is 23.0 Å².